The molecule has 0 amide bonds. The van der Waals surface area contributed by atoms with Gasteiger partial charge < -0.3 is 0 Å². The average Bonchev–Trinajstić information content (AvgIpc) is 3.21. The molecule has 0 unspecified atom stereocenters. The van der Waals surface area contributed by atoms with E-state index >= 15 is 0 Å². The van der Waals surface area contributed by atoms with E-state index in [1.807, 2.05) is 60.7 Å². The van der Waals surface area contributed by atoms with Gasteiger partial charge in [-0.15, -0.1) is 0 Å². The molecule has 0 aliphatic rings. The van der Waals surface area contributed by atoms with Crippen LogP contribution in [0.2, 0.25) is 0 Å². The van der Waals surface area contributed by atoms with Crippen molar-refractivity contribution in [3.05, 3.63) is 176 Å². The van der Waals surface area contributed by atoms with Gasteiger partial charge in [0.15, 0.2) is 17.5 Å². The highest BCUT2D eigenvalue weighted by atomic mass is 15.0. The minimum absolute atomic E-state index is 0.00428. The maximum atomic E-state index is 8.75. The fraction of sp³-hybridized carbons (Fsp3) is 0. The SMILES string of the molecule is [2H]c1c([2H])c([2H])c(-c2nc(-c3ccc4cc(-c5cccc6ccccc56)ccc4c3)nc(-c3cccc4ccc(-c5ccccc5)cc34)n2)c([2H])c1[2H]. The fourth-order valence-corrected chi connectivity index (χ4v) is 6.41. The first-order chi connectivity index (χ1) is 25.8. The summed E-state index contributed by atoms with van der Waals surface area (Å²) in [4.78, 5) is 14.6. The van der Waals surface area contributed by atoms with Crippen molar-refractivity contribution in [2.24, 2.45) is 0 Å². The molecule has 0 atom stereocenters. The van der Waals surface area contributed by atoms with E-state index in [1.54, 1.807) is 0 Å². The van der Waals surface area contributed by atoms with Crippen LogP contribution in [0.25, 0.3) is 88.7 Å². The maximum absolute atomic E-state index is 8.75. The highest BCUT2D eigenvalue weighted by Crippen LogP contribution is 2.35. The predicted octanol–water partition coefficient (Wildman–Crippen LogP) is 11.7. The molecule has 9 aromatic rings. The summed E-state index contributed by atoms with van der Waals surface area (Å²) < 4.78 is 42.4. The Hall–Kier alpha value is -6.45. The summed E-state index contributed by atoms with van der Waals surface area (Å²) in [5, 5.41) is 6.30. The number of hydrogen-bond acceptors (Lipinski definition) is 3. The molecule has 8 aromatic carbocycles. The molecule has 0 N–H and O–H groups in total. The van der Waals surface area contributed by atoms with Gasteiger partial charge in [0, 0.05) is 16.7 Å². The molecule has 0 fully saturated rings. The van der Waals surface area contributed by atoms with Gasteiger partial charge in [0.05, 0.1) is 6.85 Å². The van der Waals surface area contributed by atoms with E-state index in [-0.39, 0.29) is 23.5 Å². The van der Waals surface area contributed by atoms with Crippen molar-refractivity contribution in [1.82, 2.24) is 15.0 Å². The Morgan fingerprint density at radius 3 is 1.73 bits per heavy atom. The molecular weight excluding hydrogens is 583 g/mol. The van der Waals surface area contributed by atoms with E-state index in [9.17, 15) is 0 Å². The highest BCUT2D eigenvalue weighted by molar-refractivity contribution is 6.00. The second-order valence-electron chi connectivity index (χ2n) is 11.7. The van der Waals surface area contributed by atoms with Crippen LogP contribution < -0.4 is 0 Å². The summed E-state index contributed by atoms with van der Waals surface area (Å²) in [5.74, 6) is 0.664. The van der Waals surface area contributed by atoms with Crippen LogP contribution in [0.3, 0.4) is 0 Å². The van der Waals surface area contributed by atoms with Crippen molar-refractivity contribution >= 4 is 32.3 Å². The lowest BCUT2D eigenvalue weighted by atomic mass is 9.95. The number of aromatic nitrogens is 3. The normalized spacial score (nSPS) is 12.8. The zero-order chi connectivity index (χ0) is 36.2. The molecule has 1 heterocycles. The zero-order valence-corrected chi connectivity index (χ0v) is 25.7. The van der Waals surface area contributed by atoms with Crippen LogP contribution in [0.5, 0.6) is 0 Å². The van der Waals surface area contributed by atoms with Crippen LogP contribution in [-0.4, -0.2) is 15.0 Å². The van der Waals surface area contributed by atoms with Crippen LogP contribution >= 0.6 is 0 Å². The molecule has 9 rings (SSSR count). The van der Waals surface area contributed by atoms with E-state index in [1.165, 1.54) is 10.8 Å². The Kier molecular flexibility index (Phi) is 5.61. The summed E-state index contributed by atoms with van der Waals surface area (Å²) in [6.45, 7) is 0. The molecule has 0 bridgehead atoms. The summed E-state index contributed by atoms with van der Waals surface area (Å²) in [5.41, 5.74) is 5.73. The summed E-state index contributed by atoms with van der Waals surface area (Å²) in [6.07, 6.45) is 0. The molecule has 0 saturated heterocycles. The van der Waals surface area contributed by atoms with Crippen molar-refractivity contribution < 1.29 is 6.85 Å². The lowest BCUT2D eigenvalue weighted by molar-refractivity contribution is 1.08. The Morgan fingerprint density at radius 2 is 0.917 bits per heavy atom. The summed E-state index contributed by atoms with van der Waals surface area (Å²) >= 11 is 0. The second-order valence-corrected chi connectivity index (χ2v) is 11.7. The third-order valence-electron chi connectivity index (χ3n) is 8.79. The molecule has 1 aromatic heterocycles. The standard InChI is InChI=1S/C45H29N3/c1-3-11-30(12-4-1)36-22-21-32-17-10-20-41(42(32)29-36)45-47-43(33-14-5-2-6-15-33)46-44(48-45)38-26-24-34-27-37(25-23-35(34)28-38)40-19-9-16-31-13-7-8-18-39(31)40/h1-29H/i2D,5D,6D,14D,15D. The van der Waals surface area contributed by atoms with Gasteiger partial charge in [-0.05, 0) is 72.8 Å². The van der Waals surface area contributed by atoms with Gasteiger partial charge in [-0.1, -0.05) is 158 Å². The first-order valence-electron chi connectivity index (χ1n) is 18.3. The molecule has 3 nitrogen and oxygen atoms in total. The van der Waals surface area contributed by atoms with Gasteiger partial charge in [0.2, 0.25) is 0 Å². The predicted molar refractivity (Wildman–Crippen MR) is 200 cm³/mol. The Morgan fingerprint density at radius 1 is 0.333 bits per heavy atom. The number of benzene rings is 8. The van der Waals surface area contributed by atoms with E-state index in [4.69, 9.17) is 21.8 Å². The number of rotatable bonds is 5. The molecule has 48 heavy (non-hydrogen) atoms. The molecule has 0 radical (unpaired) electrons. The quantitative estimate of drug-likeness (QED) is 0.193. The Balaban J connectivity index is 1.23. The van der Waals surface area contributed by atoms with Gasteiger partial charge in [0.1, 0.15) is 0 Å². The minimum atomic E-state index is -0.474. The van der Waals surface area contributed by atoms with Gasteiger partial charge in [0.25, 0.3) is 0 Å². The highest BCUT2D eigenvalue weighted by Gasteiger charge is 2.15. The molecule has 0 aliphatic carbocycles. The van der Waals surface area contributed by atoms with Gasteiger partial charge >= 0.3 is 0 Å². The first-order valence-corrected chi connectivity index (χ1v) is 15.8. The van der Waals surface area contributed by atoms with Crippen molar-refractivity contribution in [1.29, 1.82) is 0 Å². The molecule has 3 heteroatoms. The van der Waals surface area contributed by atoms with Crippen molar-refractivity contribution in [3.63, 3.8) is 0 Å². The van der Waals surface area contributed by atoms with Gasteiger partial charge in [-0.25, -0.2) is 15.0 Å². The van der Waals surface area contributed by atoms with Gasteiger partial charge in [-0.2, -0.15) is 0 Å². The number of fused-ring (bicyclic) bond motifs is 3. The lowest BCUT2D eigenvalue weighted by Crippen LogP contribution is -2.00. The zero-order valence-electron chi connectivity index (χ0n) is 30.7. The Bertz CT molecular complexity index is 2880. The number of nitrogens with zero attached hydrogens (tertiary/aromatic N) is 3. The van der Waals surface area contributed by atoms with E-state index in [0.717, 1.165) is 49.4 Å². The maximum Gasteiger partial charge on any atom is 0.164 e. The van der Waals surface area contributed by atoms with E-state index in [0.29, 0.717) is 17.2 Å². The second kappa shape index (κ2) is 11.7. The Labute approximate surface area is 285 Å². The molecule has 0 saturated carbocycles. The molecule has 0 spiro atoms. The van der Waals surface area contributed by atoms with Crippen LogP contribution in [0.15, 0.2) is 176 Å². The summed E-state index contributed by atoms with van der Waals surface area (Å²) in [6, 6.07) is 47.3. The largest absolute Gasteiger partial charge is 0.208 e. The molecule has 224 valence electrons. The minimum Gasteiger partial charge on any atom is -0.208 e. The van der Waals surface area contributed by atoms with E-state index < -0.39 is 18.1 Å². The summed E-state index contributed by atoms with van der Waals surface area (Å²) in [7, 11) is 0. The van der Waals surface area contributed by atoms with Gasteiger partial charge in [-0.3, -0.25) is 0 Å². The van der Waals surface area contributed by atoms with Crippen LogP contribution in [0, 0.1) is 0 Å². The van der Waals surface area contributed by atoms with Crippen molar-refractivity contribution in [2.75, 3.05) is 0 Å². The number of hydrogen-bond donors (Lipinski definition) is 0. The third kappa shape index (κ3) is 5.08. The molecular formula is C45H29N3. The van der Waals surface area contributed by atoms with E-state index in [2.05, 4.69) is 84.9 Å². The molecule has 0 aliphatic heterocycles. The lowest BCUT2D eigenvalue weighted by Gasteiger charge is -2.12. The van der Waals surface area contributed by atoms with Crippen molar-refractivity contribution in [3.8, 4) is 56.4 Å². The smallest absolute Gasteiger partial charge is 0.164 e. The van der Waals surface area contributed by atoms with Crippen LogP contribution in [-0.2, 0) is 0 Å². The van der Waals surface area contributed by atoms with Crippen LogP contribution in [0.1, 0.15) is 6.85 Å². The monoisotopic (exact) mass is 616 g/mol. The average molecular weight is 617 g/mol. The first kappa shape index (κ1) is 23.0. The van der Waals surface area contributed by atoms with Crippen LogP contribution in [0.4, 0.5) is 0 Å². The fourth-order valence-electron chi connectivity index (χ4n) is 6.41. The third-order valence-corrected chi connectivity index (χ3v) is 8.79. The van der Waals surface area contributed by atoms with Crippen molar-refractivity contribution in [2.45, 2.75) is 0 Å². The topological polar surface area (TPSA) is 38.7 Å².